The molecule has 0 heterocycles. The van der Waals surface area contributed by atoms with E-state index in [-0.39, 0.29) is 0 Å². The molecule has 13 heavy (non-hydrogen) atoms. The van der Waals surface area contributed by atoms with Gasteiger partial charge in [0.05, 0.1) is 13.4 Å². The van der Waals surface area contributed by atoms with Crippen molar-refractivity contribution in [1.82, 2.24) is 0 Å². The minimum Gasteiger partial charge on any atom is -0.504 e. The van der Waals surface area contributed by atoms with Gasteiger partial charge in [-0.3, -0.25) is 0 Å². The fourth-order valence-corrected chi connectivity index (χ4v) is 1.62. The highest BCUT2D eigenvalue weighted by Gasteiger charge is 2.00. The van der Waals surface area contributed by atoms with Crippen molar-refractivity contribution in [3.63, 3.8) is 0 Å². The Morgan fingerprint density at radius 1 is 1.46 bits per heavy atom. The van der Waals surface area contributed by atoms with Crippen molar-refractivity contribution in [2.45, 2.75) is 13.8 Å². The van der Waals surface area contributed by atoms with Gasteiger partial charge in [0.15, 0.2) is 0 Å². The second-order valence-corrected chi connectivity index (χ2v) is 3.91. The van der Waals surface area contributed by atoms with E-state index in [2.05, 4.69) is 35.0 Å². The Morgan fingerprint density at radius 3 is 2.77 bits per heavy atom. The van der Waals surface area contributed by atoms with Gasteiger partial charge in [-0.1, -0.05) is 22.0 Å². The van der Waals surface area contributed by atoms with Crippen LogP contribution in [0.3, 0.4) is 0 Å². The van der Waals surface area contributed by atoms with Crippen LogP contribution in [0.2, 0.25) is 0 Å². The van der Waals surface area contributed by atoms with Crippen LogP contribution in [-0.4, -0.2) is 7.11 Å². The molecule has 0 spiro atoms. The molecule has 0 atom stereocenters. The average molecular weight is 241 g/mol. The number of benzene rings is 1. The van der Waals surface area contributed by atoms with Crippen molar-refractivity contribution in [2.75, 3.05) is 7.11 Å². The molecule has 1 aromatic carbocycles. The van der Waals surface area contributed by atoms with Crippen LogP contribution in [-0.2, 0) is 4.74 Å². The molecule has 1 rings (SSSR count). The summed E-state index contributed by atoms with van der Waals surface area (Å²) in [5.41, 5.74) is 3.62. The number of methoxy groups -OCH3 is 1. The molecule has 70 valence electrons. The molecule has 0 fully saturated rings. The van der Waals surface area contributed by atoms with Gasteiger partial charge in [-0.15, -0.1) is 0 Å². The first-order chi connectivity index (χ1) is 6.15. The number of ether oxygens (including phenoxy) is 1. The highest BCUT2D eigenvalue weighted by molar-refractivity contribution is 9.10. The molecule has 0 N–H and O–H groups in total. The average Bonchev–Trinajstić information content (AvgIpc) is 2.09. The Balaban J connectivity index is 3.13. The predicted octanol–water partition coefficient (Wildman–Crippen LogP) is 3.76. The van der Waals surface area contributed by atoms with E-state index in [1.807, 2.05) is 13.0 Å². The van der Waals surface area contributed by atoms with Crippen molar-refractivity contribution >= 4 is 21.5 Å². The number of hydrogen-bond acceptors (Lipinski definition) is 1. The van der Waals surface area contributed by atoms with Crippen LogP contribution >= 0.6 is 15.9 Å². The largest absolute Gasteiger partial charge is 0.504 e. The number of allylic oxidation sites excluding steroid dienone is 1. The lowest BCUT2D eigenvalue weighted by Crippen LogP contribution is -1.86. The molecule has 0 radical (unpaired) electrons. The minimum atomic E-state index is 1.09. The predicted molar refractivity (Wildman–Crippen MR) is 59.5 cm³/mol. The molecule has 1 nitrogen and oxygen atoms in total. The third-order valence-electron chi connectivity index (χ3n) is 1.92. The zero-order valence-corrected chi connectivity index (χ0v) is 9.68. The van der Waals surface area contributed by atoms with Gasteiger partial charge in [0, 0.05) is 4.47 Å². The lowest BCUT2D eigenvalue weighted by molar-refractivity contribution is 0.339. The Morgan fingerprint density at radius 2 is 2.15 bits per heavy atom. The Hall–Kier alpha value is -0.760. The quantitative estimate of drug-likeness (QED) is 0.716. The van der Waals surface area contributed by atoms with Gasteiger partial charge in [-0.25, -0.2) is 0 Å². The van der Waals surface area contributed by atoms with Gasteiger partial charge in [0.25, 0.3) is 0 Å². The topological polar surface area (TPSA) is 9.23 Å². The summed E-state index contributed by atoms with van der Waals surface area (Å²) in [5.74, 6) is 0. The van der Waals surface area contributed by atoms with E-state index < -0.39 is 0 Å². The van der Waals surface area contributed by atoms with Crippen molar-refractivity contribution < 1.29 is 4.74 Å². The molecule has 0 amide bonds. The molecule has 0 aliphatic heterocycles. The van der Waals surface area contributed by atoms with Crippen molar-refractivity contribution in [3.05, 3.63) is 40.1 Å². The summed E-state index contributed by atoms with van der Waals surface area (Å²) >= 11 is 3.45. The van der Waals surface area contributed by atoms with E-state index >= 15 is 0 Å². The van der Waals surface area contributed by atoms with E-state index in [9.17, 15) is 0 Å². The van der Waals surface area contributed by atoms with E-state index in [1.165, 1.54) is 11.1 Å². The SMILES string of the molecule is COC=C(C)c1cc(Br)ccc1C. The van der Waals surface area contributed by atoms with Crippen LogP contribution in [0.5, 0.6) is 0 Å². The molecule has 0 aliphatic rings. The molecular formula is C11H13BrO. The lowest BCUT2D eigenvalue weighted by Gasteiger charge is -2.06. The minimum absolute atomic E-state index is 1.09. The smallest absolute Gasteiger partial charge is 0.0859 e. The van der Waals surface area contributed by atoms with Crippen LogP contribution in [0.25, 0.3) is 5.57 Å². The summed E-state index contributed by atoms with van der Waals surface area (Å²) < 4.78 is 6.07. The van der Waals surface area contributed by atoms with Crippen LogP contribution in [0.1, 0.15) is 18.1 Å². The van der Waals surface area contributed by atoms with Crippen LogP contribution in [0.15, 0.2) is 28.9 Å². The zero-order valence-electron chi connectivity index (χ0n) is 8.10. The molecule has 1 aromatic rings. The van der Waals surface area contributed by atoms with Gasteiger partial charge in [-0.05, 0) is 42.7 Å². The van der Waals surface area contributed by atoms with Crippen molar-refractivity contribution in [3.8, 4) is 0 Å². The molecule has 0 aliphatic carbocycles. The molecule has 0 unspecified atom stereocenters. The Kier molecular flexibility index (Phi) is 3.55. The maximum atomic E-state index is 4.98. The molecule has 2 heteroatoms. The van der Waals surface area contributed by atoms with Gasteiger partial charge in [0.1, 0.15) is 0 Å². The van der Waals surface area contributed by atoms with Gasteiger partial charge < -0.3 is 4.74 Å². The summed E-state index contributed by atoms with van der Waals surface area (Å²) in [5, 5.41) is 0. The van der Waals surface area contributed by atoms with Gasteiger partial charge >= 0.3 is 0 Å². The van der Waals surface area contributed by atoms with Gasteiger partial charge in [0.2, 0.25) is 0 Å². The number of halogens is 1. The van der Waals surface area contributed by atoms with E-state index in [4.69, 9.17) is 4.74 Å². The second-order valence-electron chi connectivity index (χ2n) is 3.00. The second kappa shape index (κ2) is 4.47. The summed E-state index contributed by atoms with van der Waals surface area (Å²) in [6.45, 7) is 4.13. The molecule has 0 saturated carbocycles. The fourth-order valence-electron chi connectivity index (χ4n) is 1.26. The van der Waals surface area contributed by atoms with Crippen LogP contribution in [0, 0.1) is 6.92 Å². The third kappa shape index (κ3) is 2.59. The van der Waals surface area contributed by atoms with Crippen LogP contribution in [0.4, 0.5) is 0 Å². The van der Waals surface area contributed by atoms with Crippen LogP contribution < -0.4 is 0 Å². The van der Waals surface area contributed by atoms with E-state index in [1.54, 1.807) is 13.4 Å². The fraction of sp³-hybridized carbons (Fsp3) is 0.273. The normalized spacial score (nSPS) is 11.5. The number of hydrogen-bond donors (Lipinski definition) is 0. The third-order valence-corrected chi connectivity index (χ3v) is 2.41. The van der Waals surface area contributed by atoms with E-state index in [0.29, 0.717) is 0 Å². The molecule has 0 bridgehead atoms. The molecular weight excluding hydrogens is 228 g/mol. The summed E-state index contributed by atoms with van der Waals surface area (Å²) in [4.78, 5) is 0. The Bertz CT molecular complexity index is 329. The maximum Gasteiger partial charge on any atom is 0.0859 e. The number of rotatable bonds is 2. The highest BCUT2D eigenvalue weighted by Crippen LogP contribution is 2.22. The highest BCUT2D eigenvalue weighted by atomic mass is 79.9. The molecule has 0 aromatic heterocycles. The molecule has 0 saturated heterocycles. The first-order valence-electron chi connectivity index (χ1n) is 4.11. The monoisotopic (exact) mass is 240 g/mol. The summed E-state index contributed by atoms with van der Waals surface area (Å²) in [6.07, 6.45) is 1.76. The first kappa shape index (κ1) is 10.3. The summed E-state index contributed by atoms with van der Waals surface area (Å²) in [6, 6.07) is 6.23. The lowest BCUT2D eigenvalue weighted by atomic mass is 10.0. The Labute approximate surface area is 87.5 Å². The maximum absolute atomic E-state index is 4.98. The number of aryl methyl sites for hydroxylation is 1. The van der Waals surface area contributed by atoms with E-state index in [0.717, 1.165) is 10.0 Å². The summed E-state index contributed by atoms with van der Waals surface area (Å²) in [7, 11) is 1.66. The standard InChI is InChI=1S/C11H13BrO/c1-8-4-5-10(12)6-11(8)9(2)7-13-3/h4-7H,1-3H3. The van der Waals surface area contributed by atoms with Crippen molar-refractivity contribution in [2.24, 2.45) is 0 Å². The first-order valence-corrected chi connectivity index (χ1v) is 4.90. The van der Waals surface area contributed by atoms with Crippen molar-refractivity contribution in [1.29, 1.82) is 0 Å². The van der Waals surface area contributed by atoms with Gasteiger partial charge in [-0.2, -0.15) is 0 Å². The zero-order chi connectivity index (χ0) is 9.84.